The number of carbonyl (C=O) groups excluding carboxylic acids is 1. The number of nitrogens with zero attached hydrogens (tertiary/aromatic N) is 1. The summed E-state index contributed by atoms with van der Waals surface area (Å²) < 4.78 is 15.7. The molecule has 1 aromatic heterocycles. The smallest absolute Gasteiger partial charge is 0.251 e. The van der Waals surface area contributed by atoms with Gasteiger partial charge in [-0.2, -0.15) is 0 Å². The molecule has 0 radical (unpaired) electrons. The van der Waals surface area contributed by atoms with Gasteiger partial charge in [-0.05, 0) is 30.7 Å². The first-order chi connectivity index (χ1) is 11.6. The second-order valence-corrected chi connectivity index (χ2v) is 5.22. The number of amides is 1. The quantitative estimate of drug-likeness (QED) is 0.831. The van der Waals surface area contributed by atoms with Gasteiger partial charge < -0.3 is 19.5 Å². The maximum Gasteiger partial charge on any atom is 0.251 e. The van der Waals surface area contributed by atoms with Gasteiger partial charge in [0.2, 0.25) is 5.88 Å². The van der Waals surface area contributed by atoms with Gasteiger partial charge in [-0.25, -0.2) is 4.98 Å². The Labute approximate surface area is 145 Å². The number of rotatable bonds is 7. The molecule has 1 N–H and O–H groups in total. The number of hydrogen-bond acceptors (Lipinski definition) is 5. The zero-order chi connectivity index (χ0) is 17.5. The standard InChI is InChI=1S/C17H19ClN2O4/c1-4-24-15-7-11(5-6-19-15)10-20-17(21)12-8-13(18)16(23-3)14(9-12)22-2/h5-9H,4,10H2,1-3H3,(H,20,21). The Bertz CT molecular complexity index is 722. The molecule has 2 rings (SSSR count). The maximum atomic E-state index is 12.3. The number of pyridine rings is 1. The fraction of sp³-hybridized carbons (Fsp3) is 0.294. The van der Waals surface area contributed by atoms with Crippen molar-refractivity contribution in [2.24, 2.45) is 0 Å². The van der Waals surface area contributed by atoms with Crippen molar-refractivity contribution in [1.29, 1.82) is 0 Å². The van der Waals surface area contributed by atoms with Crippen LogP contribution in [0.5, 0.6) is 17.4 Å². The minimum atomic E-state index is -0.271. The summed E-state index contributed by atoms with van der Waals surface area (Å²) in [6.07, 6.45) is 1.64. The van der Waals surface area contributed by atoms with Crippen LogP contribution in [0.25, 0.3) is 0 Å². The van der Waals surface area contributed by atoms with Crippen LogP contribution in [0.1, 0.15) is 22.8 Å². The van der Waals surface area contributed by atoms with Crippen LogP contribution < -0.4 is 19.5 Å². The van der Waals surface area contributed by atoms with E-state index in [1.165, 1.54) is 20.3 Å². The molecule has 0 saturated carbocycles. The van der Waals surface area contributed by atoms with Crippen LogP contribution in [0.4, 0.5) is 0 Å². The van der Waals surface area contributed by atoms with Crippen LogP contribution in [0.3, 0.4) is 0 Å². The van der Waals surface area contributed by atoms with E-state index in [1.54, 1.807) is 18.3 Å². The fourth-order valence-electron chi connectivity index (χ4n) is 2.12. The lowest BCUT2D eigenvalue weighted by atomic mass is 10.1. The van der Waals surface area contributed by atoms with E-state index >= 15 is 0 Å². The zero-order valence-electron chi connectivity index (χ0n) is 13.8. The van der Waals surface area contributed by atoms with Crippen molar-refractivity contribution < 1.29 is 19.0 Å². The Morgan fingerprint density at radius 2 is 2.04 bits per heavy atom. The Balaban J connectivity index is 2.10. The van der Waals surface area contributed by atoms with E-state index in [-0.39, 0.29) is 5.91 Å². The van der Waals surface area contributed by atoms with Crippen molar-refractivity contribution in [3.63, 3.8) is 0 Å². The van der Waals surface area contributed by atoms with Gasteiger partial charge in [-0.15, -0.1) is 0 Å². The van der Waals surface area contributed by atoms with Crippen LogP contribution in [0.2, 0.25) is 5.02 Å². The van der Waals surface area contributed by atoms with E-state index in [0.29, 0.717) is 41.1 Å². The highest BCUT2D eigenvalue weighted by Crippen LogP contribution is 2.35. The fourth-order valence-corrected chi connectivity index (χ4v) is 2.41. The number of methoxy groups -OCH3 is 2. The van der Waals surface area contributed by atoms with E-state index in [1.807, 2.05) is 13.0 Å². The summed E-state index contributed by atoms with van der Waals surface area (Å²) in [5, 5.41) is 3.13. The molecule has 6 nitrogen and oxygen atoms in total. The molecule has 0 saturated heterocycles. The number of benzene rings is 1. The molecule has 2 aromatic rings. The van der Waals surface area contributed by atoms with Gasteiger partial charge in [-0.3, -0.25) is 4.79 Å². The first kappa shape index (κ1) is 17.9. The predicted octanol–water partition coefficient (Wildman–Crippen LogP) is 3.08. The van der Waals surface area contributed by atoms with Crippen molar-refractivity contribution >= 4 is 17.5 Å². The lowest BCUT2D eigenvalue weighted by Crippen LogP contribution is -2.23. The van der Waals surface area contributed by atoms with Gasteiger partial charge in [-0.1, -0.05) is 11.6 Å². The Morgan fingerprint density at radius 1 is 1.25 bits per heavy atom. The highest BCUT2D eigenvalue weighted by Gasteiger charge is 2.15. The molecule has 0 atom stereocenters. The van der Waals surface area contributed by atoms with Gasteiger partial charge >= 0.3 is 0 Å². The molecular weight excluding hydrogens is 332 g/mol. The van der Waals surface area contributed by atoms with Crippen molar-refractivity contribution in [2.45, 2.75) is 13.5 Å². The molecule has 0 aliphatic carbocycles. The summed E-state index contributed by atoms with van der Waals surface area (Å²) in [7, 11) is 2.98. The Morgan fingerprint density at radius 3 is 2.71 bits per heavy atom. The number of nitrogens with one attached hydrogen (secondary N) is 1. The molecule has 0 spiro atoms. The number of aromatic nitrogens is 1. The summed E-state index contributed by atoms with van der Waals surface area (Å²) in [4.78, 5) is 16.4. The average molecular weight is 351 g/mol. The largest absolute Gasteiger partial charge is 0.493 e. The number of ether oxygens (including phenoxy) is 3. The van der Waals surface area contributed by atoms with Crippen molar-refractivity contribution in [3.8, 4) is 17.4 Å². The third-order valence-corrected chi connectivity index (χ3v) is 3.52. The lowest BCUT2D eigenvalue weighted by Gasteiger charge is -2.12. The molecule has 1 amide bonds. The molecule has 0 unspecified atom stereocenters. The monoisotopic (exact) mass is 350 g/mol. The molecule has 0 bridgehead atoms. The Kier molecular flexibility index (Phi) is 6.26. The third-order valence-electron chi connectivity index (χ3n) is 3.24. The first-order valence-electron chi connectivity index (χ1n) is 7.36. The van der Waals surface area contributed by atoms with Crippen LogP contribution in [0, 0.1) is 0 Å². The number of hydrogen-bond donors (Lipinski definition) is 1. The number of halogens is 1. The van der Waals surface area contributed by atoms with Crippen LogP contribution in [-0.2, 0) is 6.54 Å². The average Bonchev–Trinajstić information content (AvgIpc) is 2.59. The van der Waals surface area contributed by atoms with Crippen LogP contribution in [-0.4, -0.2) is 31.7 Å². The minimum Gasteiger partial charge on any atom is -0.493 e. The molecule has 7 heteroatoms. The van der Waals surface area contributed by atoms with E-state index in [9.17, 15) is 4.79 Å². The lowest BCUT2D eigenvalue weighted by molar-refractivity contribution is 0.0950. The van der Waals surface area contributed by atoms with Crippen molar-refractivity contribution in [2.75, 3.05) is 20.8 Å². The van der Waals surface area contributed by atoms with Gasteiger partial charge in [0.25, 0.3) is 5.91 Å². The Hall–Kier alpha value is -2.47. The third kappa shape index (κ3) is 4.29. The topological polar surface area (TPSA) is 69.7 Å². The first-order valence-corrected chi connectivity index (χ1v) is 7.74. The molecular formula is C17H19ClN2O4. The van der Waals surface area contributed by atoms with E-state index in [0.717, 1.165) is 5.56 Å². The summed E-state index contributed by atoms with van der Waals surface area (Å²) in [5.74, 6) is 1.05. The van der Waals surface area contributed by atoms with E-state index in [4.69, 9.17) is 25.8 Å². The summed E-state index contributed by atoms with van der Waals surface area (Å²) in [5.41, 5.74) is 1.27. The SMILES string of the molecule is CCOc1cc(CNC(=O)c2cc(Cl)c(OC)c(OC)c2)ccn1. The van der Waals surface area contributed by atoms with Crippen molar-refractivity contribution in [1.82, 2.24) is 10.3 Å². The molecule has 128 valence electrons. The van der Waals surface area contributed by atoms with Gasteiger partial charge in [0.05, 0.1) is 25.8 Å². The summed E-state index contributed by atoms with van der Waals surface area (Å²) >= 11 is 6.12. The van der Waals surface area contributed by atoms with Crippen LogP contribution >= 0.6 is 11.6 Å². The second kappa shape index (κ2) is 8.40. The van der Waals surface area contributed by atoms with Gasteiger partial charge in [0, 0.05) is 24.4 Å². The molecule has 1 heterocycles. The van der Waals surface area contributed by atoms with E-state index < -0.39 is 0 Å². The molecule has 0 fully saturated rings. The highest BCUT2D eigenvalue weighted by molar-refractivity contribution is 6.32. The number of carbonyl (C=O) groups is 1. The maximum absolute atomic E-state index is 12.3. The zero-order valence-corrected chi connectivity index (χ0v) is 14.5. The molecule has 0 aliphatic rings. The van der Waals surface area contributed by atoms with Gasteiger partial charge in [0.1, 0.15) is 0 Å². The second-order valence-electron chi connectivity index (χ2n) is 4.81. The van der Waals surface area contributed by atoms with Crippen molar-refractivity contribution in [3.05, 3.63) is 46.6 Å². The summed E-state index contributed by atoms with van der Waals surface area (Å²) in [6.45, 7) is 2.76. The molecule has 1 aromatic carbocycles. The van der Waals surface area contributed by atoms with E-state index in [2.05, 4.69) is 10.3 Å². The summed E-state index contributed by atoms with van der Waals surface area (Å²) in [6, 6.07) is 6.71. The minimum absolute atomic E-state index is 0.271. The predicted molar refractivity (Wildman–Crippen MR) is 91.1 cm³/mol. The molecule has 24 heavy (non-hydrogen) atoms. The highest BCUT2D eigenvalue weighted by atomic mass is 35.5. The normalized spacial score (nSPS) is 10.2. The molecule has 0 aliphatic heterocycles. The van der Waals surface area contributed by atoms with Crippen LogP contribution in [0.15, 0.2) is 30.5 Å². The van der Waals surface area contributed by atoms with Gasteiger partial charge in [0.15, 0.2) is 11.5 Å².